The van der Waals surface area contributed by atoms with Gasteiger partial charge in [0, 0.05) is 37.7 Å². The van der Waals surface area contributed by atoms with Gasteiger partial charge in [-0.25, -0.2) is 0 Å². The standard InChI is InChI=1S/C15H18O5/c16-11-3-1-4-12-10(11)7-14-8-18-9-19-15(14,20-12)6-2-5-13(14)17/h1-9H2/t14-,15-/m0/s1. The van der Waals surface area contributed by atoms with Gasteiger partial charge in [-0.05, 0) is 12.8 Å². The Labute approximate surface area is 117 Å². The zero-order valence-electron chi connectivity index (χ0n) is 11.4. The largest absolute Gasteiger partial charge is 0.465 e. The highest BCUT2D eigenvalue weighted by Gasteiger charge is 2.66. The maximum absolute atomic E-state index is 12.6. The highest BCUT2D eigenvalue weighted by molar-refractivity contribution is 5.99. The Hall–Kier alpha value is -1.20. The average molecular weight is 278 g/mol. The molecule has 0 bridgehead atoms. The maximum atomic E-state index is 12.6. The summed E-state index contributed by atoms with van der Waals surface area (Å²) in [4.78, 5) is 24.7. The third kappa shape index (κ3) is 1.45. The molecule has 2 aliphatic carbocycles. The lowest BCUT2D eigenvalue weighted by molar-refractivity contribution is -0.361. The molecule has 2 fully saturated rings. The lowest BCUT2D eigenvalue weighted by atomic mass is 9.62. The second-order valence-electron chi connectivity index (χ2n) is 6.18. The van der Waals surface area contributed by atoms with Crippen LogP contribution < -0.4 is 0 Å². The first-order valence-corrected chi connectivity index (χ1v) is 7.36. The highest BCUT2D eigenvalue weighted by Crippen LogP contribution is 2.56. The van der Waals surface area contributed by atoms with Crippen molar-refractivity contribution >= 4 is 11.6 Å². The predicted octanol–water partition coefficient (Wildman–Crippen LogP) is 1.85. The first-order chi connectivity index (χ1) is 9.67. The van der Waals surface area contributed by atoms with Crippen LogP contribution in [0.25, 0.3) is 0 Å². The highest BCUT2D eigenvalue weighted by atomic mass is 16.8. The molecular weight excluding hydrogens is 260 g/mol. The van der Waals surface area contributed by atoms with Crippen LogP contribution >= 0.6 is 0 Å². The van der Waals surface area contributed by atoms with E-state index in [1.54, 1.807) is 0 Å². The quantitative estimate of drug-likeness (QED) is 0.676. The van der Waals surface area contributed by atoms with Crippen LogP contribution in [0.4, 0.5) is 0 Å². The van der Waals surface area contributed by atoms with Crippen molar-refractivity contribution in [3.63, 3.8) is 0 Å². The Morgan fingerprint density at radius 1 is 1.05 bits per heavy atom. The Morgan fingerprint density at radius 2 is 1.95 bits per heavy atom. The van der Waals surface area contributed by atoms with Gasteiger partial charge in [-0.15, -0.1) is 0 Å². The van der Waals surface area contributed by atoms with E-state index in [1.807, 2.05) is 0 Å². The number of carbonyl (C=O) groups excluding carboxylic acids is 2. The van der Waals surface area contributed by atoms with E-state index in [1.165, 1.54) is 0 Å². The van der Waals surface area contributed by atoms with Crippen molar-refractivity contribution in [2.24, 2.45) is 5.41 Å². The minimum atomic E-state index is -0.892. The van der Waals surface area contributed by atoms with E-state index in [0.717, 1.165) is 25.0 Å². The van der Waals surface area contributed by atoms with Crippen molar-refractivity contribution in [1.82, 2.24) is 0 Å². The van der Waals surface area contributed by atoms with E-state index in [-0.39, 0.29) is 18.4 Å². The van der Waals surface area contributed by atoms with Gasteiger partial charge in [0.05, 0.1) is 6.61 Å². The molecule has 5 nitrogen and oxygen atoms in total. The van der Waals surface area contributed by atoms with Crippen molar-refractivity contribution in [1.29, 1.82) is 0 Å². The molecule has 0 aromatic heterocycles. The van der Waals surface area contributed by atoms with E-state index >= 15 is 0 Å². The lowest BCUT2D eigenvalue weighted by Crippen LogP contribution is -2.65. The molecule has 0 N–H and O–H groups in total. The van der Waals surface area contributed by atoms with Gasteiger partial charge in [-0.2, -0.15) is 0 Å². The molecule has 0 aromatic carbocycles. The molecule has 5 heteroatoms. The molecule has 20 heavy (non-hydrogen) atoms. The Morgan fingerprint density at radius 3 is 2.85 bits per heavy atom. The molecule has 2 heterocycles. The summed E-state index contributed by atoms with van der Waals surface area (Å²) in [6, 6.07) is 0. The second kappa shape index (κ2) is 4.15. The third-order valence-corrected chi connectivity index (χ3v) is 5.14. The number of Topliss-reactive ketones (excluding diaryl/α,β-unsaturated/α-hetero) is 2. The summed E-state index contributed by atoms with van der Waals surface area (Å²) in [7, 11) is 0. The van der Waals surface area contributed by atoms with Crippen molar-refractivity contribution in [3.05, 3.63) is 11.3 Å². The average Bonchev–Trinajstić information content (AvgIpc) is 2.45. The van der Waals surface area contributed by atoms with Gasteiger partial charge in [0.2, 0.25) is 5.79 Å². The van der Waals surface area contributed by atoms with Crippen molar-refractivity contribution in [3.8, 4) is 0 Å². The second-order valence-corrected chi connectivity index (χ2v) is 6.18. The number of carbonyl (C=O) groups is 2. The molecular formula is C15H18O5. The molecule has 4 rings (SSSR count). The Balaban J connectivity index is 1.84. The number of ether oxygens (including phenoxy) is 3. The number of allylic oxidation sites excluding steroid dienone is 2. The van der Waals surface area contributed by atoms with E-state index in [9.17, 15) is 9.59 Å². The molecule has 0 unspecified atom stereocenters. The number of hydrogen-bond donors (Lipinski definition) is 0. The van der Waals surface area contributed by atoms with Crippen molar-refractivity contribution in [2.75, 3.05) is 13.4 Å². The van der Waals surface area contributed by atoms with Crippen LogP contribution in [-0.4, -0.2) is 30.8 Å². The molecule has 0 radical (unpaired) electrons. The Bertz CT molecular complexity index is 518. The SMILES string of the molecule is O=C1CCCC2=C1C[C@@]13COCO[C@@]1(CCCC3=O)O2. The van der Waals surface area contributed by atoms with Gasteiger partial charge in [0.15, 0.2) is 12.6 Å². The smallest absolute Gasteiger partial charge is 0.227 e. The van der Waals surface area contributed by atoms with Gasteiger partial charge < -0.3 is 14.2 Å². The van der Waals surface area contributed by atoms with Crippen molar-refractivity contribution in [2.45, 2.75) is 50.7 Å². The van der Waals surface area contributed by atoms with E-state index in [2.05, 4.69) is 0 Å². The molecule has 108 valence electrons. The third-order valence-electron chi connectivity index (χ3n) is 5.14. The molecule has 1 saturated heterocycles. The zero-order chi connectivity index (χ0) is 13.8. The van der Waals surface area contributed by atoms with Crippen LogP contribution in [0.15, 0.2) is 11.3 Å². The van der Waals surface area contributed by atoms with Gasteiger partial charge in [-0.3, -0.25) is 9.59 Å². The van der Waals surface area contributed by atoms with Crippen LogP contribution in [0, 0.1) is 5.41 Å². The summed E-state index contributed by atoms with van der Waals surface area (Å²) in [5, 5.41) is 0. The monoisotopic (exact) mass is 278 g/mol. The fourth-order valence-electron chi connectivity index (χ4n) is 4.07. The molecule has 0 spiro atoms. The topological polar surface area (TPSA) is 61.8 Å². The first kappa shape index (κ1) is 12.5. The minimum absolute atomic E-state index is 0.119. The summed E-state index contributed by atoms with van der Waals surface area (Å²) >= 11 is 0. The molecule has 2 aliphatic heterocycles. The molecule has 0 amide bonds. The van der Waals surface area contributed by atoms with Gasteiger partial charge >= 0.3 is 0 Å². The fraction of sp³-hybridized carbons (Fsp3) is 0.733. The summed E-state index contributed by atoms with van der Waals surface area (Å²) in [6.45, 7) is 0.460. The van der Waals surface area contributed by atoms with E-state index in [0.29, 0.717) is 37.9 Å². The van der Waals surface area contributed by atoms with E-state index in [4.69, 9.17) is 14.2 Å². The summed E-state index contributed by atoms with van der Waals surface area (Å²) < 4.78 is 17.4. The van der Waals surface area contributed by atoms with E-state index < -0.39 is 11.2 Å². The lowest BCUT2D eigenvalue weighted by Gasteiger charge is -2.56. The predicted molar refractivity (Wildman–Crippen MR) is 67.5 cm³/mol. The van der Waals surface area contributed by atoms with Gasteiger partial charge in [-0.1, -0.05) is 0 Å². The summed E-state index contributed by atoms with van der Waals surface area (Å²) in [5.74, 6) is 0.108. The number of hydrogen-bond acceptors (Lipinski definition) is 5. The van der Waals surface area contributed by atoms with Crippen LogP contribution in [0.3, 0.4) is 0 Å². The van der Waals surface area contributed by atoms with Gasteiger partial charge in [0.25, 0.3) is 0 Å². The fourth-order valence-corrected chi connectivity index (χ4v) is 4.07. The first-order valence-electron chi connectivity index (χ1n) is 7.36. The number of ketones is 2. The normalized spacial score (nSPS) is 40.6. The van der Waals surface area contributed by atoms with Gasteiger partial charge in [0.1, 0.15) is 17.0 Å². The minimum Gasteiger partial charge on any atom is -0.465 e. The van der Waals surface area contributed by atoms with Crippen molar-refractivity contribution < 1.29 is 23.8 Å². The zero-order valence-corrected chi connectivity index (χ0v) is 11.4. The Kier molecular flexibility index (Phi) is 2.60. The van der Waals surface area contributed by atoms with Crippen LogP contribution in [0.2, 0.25) is 0 Å². The van der Waals surface area contributed by atoms with Crippen LogP contribution in [-0.2, 0) is 23.8 Å². The number of rotatable bonds is 0. The summed E-state index contributed by atoms with van der Waals surface area (Å²) in [6.07, 6.45) is 4.59. The van der Waals surface area contributed by atoms with Crippen LogP contribution in [0.1, 0.15) is 44.9 Å². The molecule has 2 atom stereocenters. The summed E-state index contributed by atoms with van der Waals surface area (Å²) in [5.41, 5.74) is -0.105. The molecule has 4 aliphatic rings. The molecule has 0 aromatic rings. The van der Waals surface area contributed by atoms with Crippen LogP contribution in [0.5, 0.6) is 0 Å². The maximum Gasteiger partial charge on any atom is 0.227 e. The molecule has 1 saturated carbocycles.